The van der Waals surface area contributed by atoms with Crippen molar-refractivity contribution >= 4 is 46.0 Å². The minimum atomic E-state index is -1.22. The second kappa shape index (κ2) is 20.3. The van der Waals surface area contributed by atoms with Crippen LogP contribution < -0.4 is 16.0 Å². The van der Waals surface area contributed by atoms with Gasteiger partial charge in [0.15, 0.2) is 0 Å². The van der Waals surface area contributed by atoms with Gasteiger partial charge in [0, 0.05) is 24.4 Å². The monoisotopic (exact) mass is 730 g/mol. The van der Waals surface area contributed by atoms with Gasteiger partial charge in [-0.1, -0.05) is 107 Å². The normalized spacial score (nSPS) is 14.1. The molecule has 4 aromatic rings. The fourth-order valence-electron chi connectivity index (χ4n) is 5.65. The maximum absolute atomic E-state index is 14.1. The Hall–Kier alpha value is -4.81. The van der Waals surface area contributed by atoms with E-state index >= 15 is 0 Å². The molecule has 2 unspecified atom stereocenters. The fourth-order valence-corrected chi connectivity index (χ4v) is 6.31. The van der Waals surface area contributed by atoms with Crippen LogP contribution in [0.5, 0.6) is 0 Å². The van der Waals surface area contributed by atoms with Crippen molar-refractivity contribution in [3.63, 3.8) is 0 Å². The summed E-state index contributed by atoms with van der Waals surface area (Å²) < 4.78 is 10.8. The lowest BCUT2D eigenvalue weighted by atomic mass is 9.96. The molecule has 5 atom stereocenters. The molecule has 0 aliphatic heterocycles. The van der Waals surface area contributed by atoms with E-state index in [9.17, 15) is 24.3 Å². The highest BCUT2D eigenvalue weighted by Crippen LogP contribution is 2.21. The summed E-state index contributed by atoms with van der Waals surface area (Å²) in [5.74, 6) is -1.45. The van der Waals surface area contributed by atoms with Crippen LogP contribution in [0.25, 0.3) is 10.8 Å². The number of hydrogen-bond acceptors (Lipinski definition) is 9. The number of aromatic nitrogens is 1. The van der Waals surface area contributed by atoms with Crippen molar-refractivity contribution in [3.8, 4) is 0 Å². The molecule has 52 heavy (non-hydrogen) atoms. The number of amides is 3. The Morgan fingerprint density at radius 1 is 0.827 bits per heavy atom. The van der Waals surface area contributed by atoms with Gasteiger partial charge in [0.25, 0.3) is 0 Å². The van der Waals surface area contributed by atoms with Gasteiger partial charge in [-0.25, -0.2) is 9.78 Å². The zero-order chi connectivity index (χ0) is 37.5. The van der Waals surface area contributed by atoms with Crippen LogP contribution in [-0.4, -0.2) is 64.8 Å². The Kier molecular flexibility index (Phi) is 15.6. The molecule has 0 bridgehead atoms. The minimum absolute atomic E-state index is 0.00902. The number of carbonyl (C=O) groups is 4. The van der Waals surface area contributed by atoms with Gasteiger partial charge < -0.3 is 30.5 Å². The average Bonchev–Trinajstić information content (AvgIpc) is 3.65. The Morgan fingerprint density at radius 3 is 2.23 bits per heavy atom. The maximum Gasteiger partial charge on any atom is 0.408 e. The Labute approximate surface area is 309 Å². The van der Waals surface area contributed by atoms with Crippen LogP contribution in [0.3, 0.4) is 0 Å². The first-order chi connectivity index (χ1) is 25.0. The van der Waals surface area contributed by atoms with Crippen LogP contribution >= 0.6 is 11.3 Å². The molecular formula is C40H50N4O7S. The van der Waals surface area contributed by atoms with Crippen molar-refractivity contribution in [2.45, 2.75) is 90.6 Å². The molecule has 0 aliphatic rings. The van der Waals surface area contributed by atoms with Crippen molar-refractivity contribution in [2.75, 3.05) is 6.61 Å². The quantitative estimate of drug-likeness (QED) is 0.0892. The van der Waals surface area contributed by atoms with Gasteiger partial charge in [0.2, 0.25) is 11.8 Å². The second-order valence-corrected chi connectivity index (χ2v) is 14.5. The molecule has 0 saturated carbocycles. The number of rotatable bonds is 19. The number of ether oxygens (including phenoxy) is 2. The highest BCUT2D eigenvalue weighted by atomic mass is 32.1. The third-order valence-corrected chi connectivity index (χ3v) is 9.54. The van der Waals surface area contributed by atoms with Crippen molar-refractivity contribution in [1.82, 2.24) is 20.9 Å². The third-order valence-electron chi connectivity index (χ3n) is 8.74. The van der Waals surface area contributed by atoms with Gasteiger partial charge in [-0.2, -0.15) is 0 Å². The van der Waals surface area contributed by atoms with Gasteiger partial charge in [-0.15, -0.1) is 11.3 Å². The van der Waals surface area contributed by atoms with E-state index in [4.69, 9.17) is 9.47 Å². The molecule has 0 aliphatic carbocycles. The number of nitrogens with zero attached hydrogens (tertiary/aromatic N) is 1. The standard InChI is InChI=1S/C40H50N4O7S/c1-5-27(4)24-50-37(46)23-35(45)32(20-26(2)3)42-39(48)34(22-36-41-18-19-52-36)43-38(47)33(44-40(49)51-25-28-12-7-6-8-13-28)21-30-16-11-15-29-14-9-10-17-31(29)30/h6-19,26-27,32-35,45H,5,20-25H2,1-4H3,(H,42,48)(H,43,47)(H,44,49)/t27?,32-,33-,34?,35-/m0/s1. The number of thiazole rings is 1. The summed E-state index contributed by atoms with van der Waals surface area (Å²) in [4.78, 5) is 58.1. The Balaban J connectivity index is 1.54. The van der Waals surface area contributed by atoms with E-state index in [-0.39, 0.29) is 44.3 Å². The molecular weight excluding hydrogens is 681 g/mol. The molecule has 3 aromatic carbocycles. The summed E-state index contributed by atoms with van der Waals surface area (Å²) in [5, 5.41) is 23.9. The number of fused-ring (bicyclic) bond motifs is 1. The van der Waals surface area contributed by atoms with Crippen molar-refractivity contribution in [2.24, 2.45) is 11.8 Å². The molecule has 11 nitrogen and oxygen atoms in total. The molecule has 12 heteroatoms. The van der Waals surface area contributed by atoms with E-state index in [2.05, 4.69) is 20.9 Å². The number of benzene rings is 3. The summed E-state index contributed by atoms with van der Waals surface area (Å²) in [6, 6.07) is 19.7. The summed E-state index contributed by atoms with van der Waals surface area (Å²) >= 11 is 1.33. The van der Waals surface area contributed by atoms with Gasteiger partial charge in [0.1, 0.15) is 18.7 Å². The summed E-state index contributed by atoms with van der Waals surface area (Å²) in [7, 11) is 0. The molecule has 0 fully saturated rings. The number of aliphatic hydroxyl groups excluding tert-OH is 1. The van der Waals surface area contributed by atoms with E-state index in [0.717, 1.165) is 28.3 Å². The zero-order valence-electron chi connectivity index (χ0n) is 30.2. The molecule has 1 heterocycles. The molecule has 0 saturated heterocycles. The lowest BCUT2D eigenvalue weighted by Crippen LogP contribution is -2.57. The maximum atomic E-state index is 14.1. The second-order valence-electron chi connectivity index (χ2n) is 13.5. The molecule has 278 valence electrons. The van der Waals surface area contributed by atoms with E-state index in [1.807, 2.05) is 100 Å². The van der Waals surface area contributed by atoms with Crippen molar-refractivity contribution in [3.05, 3.63) is 101 Å². The Morgan fingerprint density at radius 2 is 1.52 bits per heavy atom. The summed E-state index contributed by atoms with van der Waals surface area (Å²) in [5.41, 5.74) is 1.61. The van der Waals surface area contributed by atoms with E-state index in [0.29, 0.717) is 11.4 Å². The predicted molar refractivity (Wildman–Crippen MR) is 201 cm³/mol. The van der Waals surface area contributed by atoms with Gasteiger partial charge >= 0.3 is 12.1 Å². The smallest absolute Gasteiger partial charge is 0.408 e. The van der Waals surface area contributed by atoms with E-state index < -0.39 is 48.1 Å². The lowest BCUT2D eigenvalue weighted by Gasteiger charge is -2.28. The summed E-state index contributed by atoms with van der Waals surface area (Å²) in [6.07, 6.45) is 0.726. The first kappa shape index (κ1) is 40.0. The van der Waals surface area contributed by atoms with Gasteiger partial charge in [-0.05, 0) is 40.2 Å². The van der Waals surface area contributed by atoms with Crippen LogP contribution in [0.4, 0.5) is 4.79 Å². The first-order valence-electron chi connectivity index (χ1n) is 17.8. The van der Waals surface area contributed by atoms with E-state index in [1.54, 1.807) is 11.6 Å². The SMILES string of the molecule is CCC(C)COC(=O)C[C@H](O)[C@H](CC(C)C)NC(=O)C(Cc1nccs1)NC(=O)[C@H](Cc1cccc2ccccc12)NC(=O)OCc1ccccc1. The Bertz CT molecular complexity index is 1730. The predicted octanol–water partition coefficient (Wildman–Crippen LogP) is 5.73. The first-order valence-corrected chi connectivity index (χ1v) is 18.7. The average molecular weight is 731 g/mol. The van der Waals surface area contributed by atoms with E-state index in [1.165, 1.54) is 11.3 Å². The van der Waals surface area contributed by atoms with Crippen LogP contribution in [0.2, 0.25) is 0 Å². The minimum Gasteiger partial charge on any atom is -0.465 e. The number of esters is 1. The number of hydrogen-bond donors (Lipinski definition) is 4. The molecule has 0 radical (unpaired) electrons. The van der Waals surface area contributed by atoms with Crippen molar-refractivity contribution in [1.29, 1.82) is 0 Å². The number of alkyl carbamates (subject to hydrolysis) is 1. The van der Waals surface area contributed by atoms with Crippen LogP contribution in [-0.2, 0) is 43.3 Å². The molecule has 0 spiro atoms. The highest BCUT2D eigenvalue weighted by molar-refractivity contribution is 7.09. The number of nitrogens with one attached hydrogen (secondary N) is 3. The third kappa shape index (κ3) is 12.8. The zero-order valence-corrected chi connectivity index (χ0v) is 31.1. The van der Waals surface area contributed by atoms with Gasteiger partial charge in [-0.3, -0.25) is 14.4 Å². The largest absolute Gasteiger partial charge is 0.465 e. The van der Waals surface area contributed by atoms with Crippen LogP contribution in [0, 0.1) is 11.8 Å². The number of aliphatic hydroxyl groups is 1. The van der Waals surface area contributed by atoms with Gasteiger partial charge in [0.05, 0.1) is 30.2 Å². The van der Waals surface area contributed by atoms with Crippen LogP contribution in [0.15, 0.2) is 84.4 Å². The molecule has 1 aromatic heterocycles. The highest BCUT2D eigenvalue weighted by Gasteiger charge is 2.32. The molecule has 4 N–H and O–H groups in total. The summed E-state index contributed by atoms with van der Waals surface area (Å²) in [6.45, 7) is 8.12. The van der Waals surface area contributed by atoms with Crippen molar-refractivity contribution < 1.29 is 33.8 Å². The lowest BCUT2D eigenvalue weighted by molar-refractivity contribution is -0.148. The fraction of sp³-hybridized carbons (Fsp3) is 0.425. The topological polar surface area (TPSA) is 156 Å². The van der Waals surface area contributed by atoms with Crippen LogP contribution in [0.1, 0.15) is 63.1 Å². The number of carbonyl (C=O) groups excluding carboxylic acids is 4. The molecule has 3 amide bonds. The molecule has 4 rings (SSSR count).